The van der Waals surface area contributed by atoms with Gasteiger partial charge in [-0.1, -0.05) is 6.92 Å². The fourth-order valence-electron chi connectivity index (χ4n) is 1.24. The van der Waals surface area contributed by atoms with Crippen LogP contribution in [0.15, 0.2) is 0 Å². The van der Waals surface area contributed by atoms with Crippen LogP contribution in [-0.2, 0) is 4.74 Å². The second kappa shape index (κ2) is 3.70. The van der Waals surface area contributed by atoms with Gasteiger partial charge in [0.2, 0.25) is 0 Å². The Kier molecular flexibility index (Phi) is 3.06. The molecule has 0 aromatic rings. The van der Waals surface area contributed by atoms with E-state index in [0.29, 0.717) is 5.92 Å². The molecule has 3 unspecified atom stereocenters. The summed E-state index contributed by atoms with van der Waals surface area (Å²) in [6.45, 7) is 1.78. The summed E-state index contributed by atoms with van der Waals surface area (Å²) in [6, 6.07) is 0. The number of ether oxygens (including phenoxy) is 1. The number of rotatable bonds is 5. The third kappa shape index (κ3) is 1.95. The highest BCUT2D eigenvalue weighted by molar-refractivity contribution is 5.02. The van der Waals surface area contributed by atoms with Crippen molar-refractivity contribution in [2.75, 3.05) is 19.8 Å². The molecule has 12 heavy (non-hydrogen) atoms. The van der Waals surface area contributed by atoms with Crippen LogP contribution in [0.1, 0.15) is 13.3 Å². The normalized spacial score (nSPS) is 36.5. The van der Waals surface area contributed by atoms with Crippen LogP contribution in [0.4, 0.5) is 0 Å². The Morgan fingerprint density at radius 1 is 1.58 bits per heavy atom. The van der Waals surface area contributed by atoms with Gasteiger partial charge < -0.3 is 20.1 Å². The van der Waals surface area contributed by atoms with Crippen LogP contribution in [0.5, 0.6) is 0 Å². The second-order valence-electron chi connectivity index (χ2n) is 3.48. The van der Waals surface area contributed by atoms with Crippen LogP contribution in [0.2, 0.25) is 0 Å². The lowest BCUT2D eigenvalue weighted by Gasteiger charge is -2.16. The standard InChI is InChI=1S/C8H16O4/c1-6-2-8(6,5-10)12-4-7(11)3-9/h6-7,9-11H,2-5H2,1H3. The number of aliphatic hydroxyl groups excluding tert-OH is 3. The van der Waals surface area contributed by atoms with Crippen LogP contribution in [-0.4, -0.2) is 46.8 Å². The fraction of sp³-hybridized carbons (Fsp3) is 1.00. The molecule has 0 radical (unpaired) electrons. The molecule has 1 aliphatic carbocycles. The van der Waals surface area contributed by atoms with Gasteiger partial charge in [0.1, 0.15) is 6.10 Å². The lowest BCUT2D eigenvalue weighted by Crippen LogP contribution is -2.29. The molecule has 4 nitrogen and oxygen atoms in total. The monoisotopic (exact) mass is 176 g/mol. The molecule has 0 bridgehead atoms. The minimum atomic E-state index is -0.832. The Bertz CT molecular complexity index is 146. The third-order valence-electron chi connectivity index (χ3n) is 2.43. The van der Waals surface area contributed by atoms with Gasteiger partial charge in [0.15, 0.2) is 0 Å². The van der Waals surface area contributed by atoms with Crippen molar-refractivity contribution >= 4 is 0 Å². The summed E-state index contributed by atoms with van der Waals surface area (Å²) in [5.41, 5.74) is -0.434. The molecular weight excluding hydrogens is 160 g/mol. The molecule has 1 saturated carbocycles. The van der Waals surface area contributed by atoms with Crippen molar-refractivity contribution in [1.29, 1.82) is 0 Å². The van der Waals surface area contributed by atoms with E-state index in [9.17, 15) is 0 Å². The summed E-state index contributed by atoms with van der Waals surface area (Å²) < 4.78 is 5.29. The van der Waals surface area contributed by atoms with E-state index in [0.717, 1.165) is 6.42 Å². The molecule has 1 aliphatic rings. The Morgan fingerprint density at radius 2 is 2.17 bits per heavy atom. The maximum Gasteiger partial charge on any atom is 0.100 e. The van der Waals surface area contributed by atoms with Crippen LogP contribution in [0, 0.1) is 5.92 Å². The predicted molar refractivity (Wildman–Crippen MR) is 42.6 cm³/mol. The molecule has 0 saturated heterocycles. The molecule has 1 fully saturated rings. The molecule has 0 heterocycles. The van der Waals surface area contributed by atoms with Crippen LogP contribution < -0.4 is 0 Å². The number of hydrogen-bond acceptors (Lipinski definition) is 4. The zero-order chi connectivity index (χ0) is 9.19. The first-order valence-electron chi connectivity index (χ1n) is 4.18. The highest BCUT2D eigenvalue weighted by Gasteiger charge is 2.52. The van der Waals surface area contributed by atoms with Gasteiger partial charge in [-0.3, -0.25) is 0 Å². The summed E-state index contributed by atoms with van der Waals surface area (Å²) >= 11 is 0. The van der Waals surface area contributed by atoms with Gasteiger partial charge in [-0.15, -0.1) is 0 Å². The topological polar surface area (TPSA) is 69.9 Å². The van der Waals surface area contributed by atoms with Crippen molar-refractivity contribution in [3.8, 4) is 0 Å². The average molecular weight is 176 g/mol. The second-order valence-corrected chi connectivity index (χ2v) is 3.48. The van der Waals surface area contributed by atoms with Gasteiger partial charge in [0.05, 0.1) is 25.4 Å². The molecule has 0 amide bonds. The van der Waals surface area contributed by atoms with E-state index >= 15 is 0 Å². The van der Waals surface area contributed by atoms with Gasteiger partial charge >= 0.3 is 0 Å². The van der Waals surface area contributed by atoms with Crippen molar-refractivity contribution in [2.45, 2.75) is 25.0 Å². The summed E-state index contributed by atoms with van der Waals surface area (Å²) in [6.07, 6.45) is 0.00277. The molecule has 4 heteroatoms. The quantitative estimate of drug-likeness (QED) is 0.509. The SMILES string of the molecule is CC1CC1(CO)OCC(O)CO. The van der Waals surface area contributed by atoms with E-state index in [1.807, 2.05) is 6.92 Å². The highest BCUT2D eigenvalue weighted by Crippen LogP contribution is 2.45. The zero-order valence-corrected chi connectivity index (χ0v) is 7.23. The van der Waals surface area contributed by atoms with Crippen molar-refractivity contribution in [3.05, 3.63) is 0 Å². The molecule has 3 atom stereocenters. The molecule has 0 aromatic heterocycles. The molecule has 0 aromatic carbocycles. The van der Waals surface area contributed by atoms with Crippen molar-refractivity contribution in [1.82, 2.24) is 0 Å². The Balaban J connectivity index is 2.22. The average Bonchev–Trinajstić information content (AvgIpc) is 2.74. The lowest BCUT2D eigenvalue weighted by molar-refractivity contribution is -0.0656. The largest absolute Gasteiger partial charge is 0.394 e. The van der Waals surface area contributed by atoms with E-state index in [4.69, 9.17) is 20.1 Å². The van der Waals surface area contributed by atoms with Gasteiger partial charge in [0, 0.05) is 0 Å². The Labute approximate surface area is 71.8 Å². The number of aliphatic hydroxyl groups is 3. The number of hydrogen-bond donors (Lipinski definition) is 3. The summed E-state index contributed by atoms with van der Waals surface area (Å²) in [5, 5.41) is 26.4. The van der Waals surface area contributed by atoms with E-state index < -0.39 is 11.7 Å². The summed E-state index contributed by atoms with van der Waals surface area (Å²) in [7, 11) is 0. The van der Waals surface area contributed by atoms with E-state index in [1.165, 1.54) is 0 Å². The van der Waals surface area contributed by atoms with Gasteiger partial charge in [0.25, 0.3) is 0 Å². The van der Waals surface area contributed by atoms with Crippen molar-refractivity contribution in [3.63, 3.8) is 0 Å². The maximum atomic E-state index is 8.97. The van der Waals surface area contributed by atoms with E-state index in [1.54, 1.807) is 0 Å². The maximum absolute atomic E-state index is 8.97. The van der Waals surface area contributed by atoms with Gasteiger partial charge in [-0.25, -0.2) is 0 Å². The molecule has 3 N–H and O–H groups in total. The molecule has 1 rings (SSSR count). The highest BCUT2D eigenvalue weighted by atomic mass is 16.5. The van der Waals surface area contributed by atoms with E-state index in [-0.39, 0.29) is 19.8 Å². The summed E-state index contributed by atoms with van der Waals surface area (Å²) in [5.74, 6) is 0.355. The first kappa shape index (κ1) is 9.92. The molecule has 0 spiro atoms. The Hall–Kier alpha value is -0.160. The Morgan fingerprint density at radius 3 is 2.50 bits per heavy atom. The van der Waals surface area contributed by atoms with Gasteiger partial charge in [-0.05, 0) is 12.3 Å². The molecule has 72 valence electrons. The van der Waals surface area contributed by atoms with Crippen LogP contribution in [0.25, 0.3) is 0 Å². The predicted octanol–water partition coefficient (Wildman–Crippen LogP) is -0.873. The van der Waals surface area contributed by atoms with Crippen LogP contribution in [0.3, 0.4) is 0 Å². The minimum absolute atomic E-state index is 0.00762. The van der Waals surface area contributed by atoms with Crippen LogP contribution >= 0.6 is 0 Å². The zero-order valence-electron chi connectivity index (χ0n) is 7.23. The van der Waals surface area contributed by atoms with Crippen molar-refractivity contribution in [2.24, 2.45) is 5.92 Å². The molecule has 0 aliphatic heterocycles. The lowest BCUT2D eigenvalue weighted by atomic mass is 10.3. The van der Waals surface area contributed by atoms with E-state index in [2.05, 4.69) is 0 Å². The first-order chi connectivity index (χ1) is 5.64. The fourth-order valence-corrected chi connectivity index (χ4v) is 1.24. The third-order valence-corrected chi connectivity index (χ3v) is 2.43. The van der Waals surface area contributed by atoms with Crippen molar-refractivity contribution < 1.29 is 20.1 Å². The summed E-state index contributed by atoms with van der Waals surface area (Å²) in [4.78, 5) is 0. The smallest absolute Gasteiger partial charge is 0.100 e. The first-order valence-corrected chi connectivity index (χ1v) is 4.18. The minimum Gasteiger partial charge on any atom is -0.394 e. The molecular formula is C8H16O4. The van der Waals surface area contributed by atoms with Gasteiger partial charge in [-0.2, -0.15) is 0 Å².